The van der Waals surface area contributed by atoms with Crippen LogP contribution in [-0.2, 0) is 14.6 Å². The maximum atomic E-state index is 11.0. The van der Waals surface area contributed by atoms with Crippen LogP contribution in [0.1, 0.15) is 20.8 Å². The first-order valence-electron chi connectivity index (χ1n) is 4.80. The van der Waals surface area contributed by atoms with Gasteiger partial charge in [-0.1, -0.05) is 13.8 Å². The molecular weight excluding hydrogens is 218 g/mol. The Hall–Kier alpha value is -0.620. The summed E-state index contributed by atoms with van der Waals surface area (Å²) in [5.74, 6) is -1.08. The lowest BCUT2D eigenvalue weighted by Gasteiger charge is -2.22. The van der Waals surface area contributed by atoms with Crippen molar-refractivity contribution in [2.45, 2.75) is 32.9 Å². The van der Waals surface area contributed by atoms with Crippen molar-refractivity contribution in [3.8, 4) is 0 Å². The number of hydrogen-bond donors (Lipinski definition) is 2. The number of rotatable bonds is 6. The molecule has 0 heterocycles. The molecule has 0 aliphatic carbocycles. The van der Waals surface area contributed by atoms with E-state index in [1.807, 2.05) is 0 Å². The van der Waals surface area contributed by atoms with E-state index in [1.54, 1.807) is 20.8 Å². The van der Waals surface area contributed by atoms with Crippen molar-refractivity contribution >= 4 is 15.8 Å². The lowest BCUT2D eigenvalue weighted by atomic mass is 10.0. The minimum Gasteiger partial charge on any atom is -0.480 e. The summed E-state index contributed by atoms with van der Waals surface area (Å²) >= 11 is 0. The second-order valence-corrected chi connectivity index (χ2v) is 6.40. The third kappa shape index (κ3) is 6.46. The van der Waals surface area contributed by atoms with Gasteiger partial charge in [0.1, 0.15) is 15.9 Å². The highest BCUT2D eigenvalue weighted by Crippen LogP contribution is 2.03. The molecule has 0 amide bonds. The number of sulfone groups is 1. The van der Waals surface area contributed by atoms with Gasteiger partial charge in [-0.2, -0.15) is 0 Å². The second kappa shape index (κ2) is 5.46. The molecule has 5 nitrogen and oxygen atoms in total. The summed E-state index contributed by atoms with van der Waals surface area (Å²) in [6.07, 6.45) is 1.14. The van der Waals surface area contributed by atoms with Crippen molar-refractivity contribution in [3.63, 3.8) is 0 Å². The Labute approximate surface area is 90.8 Å². The average Bonchev–Trinajstić information content (AvgIpc) is 1.95. The first-order valence-corrected chi connectivity index (χ1v) is 6.86. The largest absolute Gasteiger partial charge is 0.480 e. The molecule has 0 bridgehead atoms. The van der Waals surface area contributed by atoms with Crippen LogP contribution in [0.2, 0.25) is 0 Å². The fourth-order valence-corrected chi connectivity index (χ4v) is 2.36. The number of carboxylic acids is 1. The van der Waals surface area contributed by atoms with Crippen molar-refractivity contribution in [1.29, 1.82) is 0 Å². The smallest absolute Gasteiger partial charge is 0.320 e. The molecule has 0 saturated carbocycles. The zero-order valence-electron chi connectivity index (χ0n) is 9.52. The van der Waals surface area contributed by atoms with Crippen LogP contribution >= 0.6 is 0 Å². The molecule has 0 aromatic carbocycles. The van der Waals surface area contributed by atoms with Crippen molar-refractivity contribution in [3.05, 3.63) is 0 Å². The van der Waals surface area contributed by atoms with E-state index in [9.17, 15) is 13.2 Å². The number of carboxylic acid groups (broad SMARTS) is 1. The minimum atomic E-state index is -3.08. The molecule has 0 radical (unpaired) electrons. The summed E-state index contributed by atoms with van der Waals surface area (Å²) in [6.45, 7) is 5.22. The fraction of sp³-hybridized carbons (Fsp3) is 0.889. The second-order valence-electron chi connectivity index (χ2n) is 4.22. The van der Waals surface area contributed by atoms with Gasteiger partial charge in [-0.15, -0.1) is 0 Å². The molecule has 2 unspecified atom stereocenters. The number of hydrogen-bond acceptors (Lipinski definition) is 4. The maximum Gasteiger partial charge on any atom is 0.320 e. The molecule has 90 valence electrons. The van der Waals surface area contributed by atoms with E-state index in [-0.39, 0.29) is 17.7 Å². The van der Waals surface area contributed by atoms with Gasteiger partial charge in [-0.25, -0.2) is 8.42 Å². The third-order valence-corrected chi connectivity index (χ3v) is 3.06. The monoisotopic (exact) mass is 237 g/mol. The first-order chi connectivity index (χ1) is 6.63. The normalized spacial score (nSPS) is 16.3. The summed E-state index contributed by atoms with van der Waals surface area (Å²) in [7, 11) is -3.08. The van der Waals surface area contributed by atoms with Gasteiger partial charge in [0, 0.05) is 12.3 Å². The van der Waals surface area contributed by atoms with Crippen LogP contribution < -0.4 is 5.32 Å². The number of carbonyl (C=O) groups is 1. The van der Waals surface area contributed by atoms with Crippen LogP contribution in [0.15, 0.2) is 0 Å². The number of nitrogens with one attached hydrogen (secondary N) is 1. The van der Waals surface area contributed by atoms with Crippen molar-refractivity contribution in [2.75, 3.05) is 12.0 Å². The molecule has 0 aliphatic rings. The standard InChI is InChI=1S/C9H19NO4S/c1-6(2)8(9(11)12)10-7(3)5-15(4,13)14/h6-8,10H,5H2,1-4H3,(H,11,12). The summed E-state index contributed by atoms with van der Waals surface area (Å²) in [5.41, 5.74) is 0. The molecule has 0 fully saturated rings. The Morgan fingerprint density at radius 2 is 1.80 bits per heavy atom. The van der Waals surface area contributed by atoms with E-state index < -0.39 is 21.8 Å². The van der Waals surface area contributed by atoms with Gasteiger partial charge in [0.05, 0.1) is 5.75 Å². The van der Waals surface area contributed by atoms with Gasteiger partial charge < -0.3 is 10.4 Å². The van der Waals surface area contributed by atoms with Crippen LogP contribution in [0.4, 0.5) is 0 Å². The Morgan fingerprint density at radius 3 is 2.07 bits per heavy atom. The molecule has 0 saturated heterocycles. The summed E-state index contributed by atoms with van der Waals surface area (Å²) in [6, 6.07) is -1.06. The predicted molar refractivity (Wildman–Crippen MR) is 58.6 cm³/mol. The highest BCUT2D eigenvalue weighted by Gasteiger charge is 2.24. The number of aliphatic carboxylic acids is 1. The van der Waals surface area contributed by atoms with Gasteiger partial charge in [0.15, 0.2) is 0 Å². The molecule has 15 heavy (non-hydrogen) atoms. The van der Waals surface area contributed by atoms with Crippen molar-refractivity contribution in [1.82, 2.24) is 5.32 Å². The van der Waals surface area contributed by atoms with Gasteiger partial charge in [-0.05, 0) is 12.8 Å². The first kappa shape index (κ1) is 14.4. The van der Waals surface area contributed by atoms with Crippen LogP contribution in [0.3, 0.4) is 0 Å². The Morgan fingerprint density at radius 1 is 1.33 bits per heavy atom. The molecule has 2 atom stereocenters. The van der Waals surface area contributed by atoms with E-state index in [2.05, 4.69) is 5.32 Å². The van der Waals surface area contributed by atoms with E-state index in [4.69, 9.17) is 5.11 Å². The Balaban J connectivity index is 4.37. The van der Waals surface area contributed by atoms with Crippen LogP contribution in [-0.4, -0.2) is 43.6 Å². The van der Waals surface area contributed by atoms with Gasteiger partial charge in [0.25, 0.3) is 0 Å². The minimum absolute atomic E-state index is 0.0521. The highest BCUT2D eigenvalue weighted by atomic mass is 32.2. The van der Waals surface area contributed by atoms with E-state index >= 15 is 0 Å². The van der Waals surface area contributed by atoms with E-state index in [0.717, 1.165) is 6.26 Å². The third-order valence-electron chi connectivity index (χ3n) is 1.95. The van der Waals surface area contributed by atoms with Crippen LogP contribution in [0.25, 0.3) is 0 Å². The topological polar surface area (TPSA) is 83.5 Å². The van der Waals surface area contributed by atoms with Gasteiger partial charge in [-0.3, -0.25) is 4.79 Å². The van der Waals surface area contributed by atoms with Crippen molar-refractivity contribution in [2.24, 2.45) is 5.92 Å². The molecule has 6 heteroatoms. The van der Waals surface area contributed by atoms with E-state index in [0.29, 0.717) is 0 Å². The summed E-state index contributed by atoms with van der Waals surface area (Å²) in [5, 5.41) is 11.7. The summed E-state index contributed by atoms with van der Waals surface area (Å²) < 4.78 is 22.0. The fourth-order valence-electron chi connectivity index (χ4n) is 1.36. The Kier molecular flexibility index (Phi) is 5.23. The van der Waals surface area contributed by atoms with E-state index in [1.165, 1.54) is 0 Å². The lowest BCUT2D eigenvalue weighted by Crippen LogP contribution is -2.47. The lowest BCUT2D eigenvalue weighted by molar-refractivity contribution is -0.140. The predicted octanol–water partition coefficient (Wildman–Crippen LogP) is 0.118. The van der Waals surface area contributed by atoms with Crippen molar-refractivity contribution < 1.29 is 18.3 Å². The summed E-state index contributed by atoms with van der Waals surface area (Å²) in [4.78, 5) is 10.8. The Bertz CT molecular complexity index is 310. The van der Waals surface area contributed by atoms with Gasteiger partial charge in [0.2, 0.25) is 0 Å². The van der Waals surface area contributed by atoms with Crippen LogP contribution in [0.5, 0.6) is 0 Å². The van der Waals surface area contributed by atoms with Gasteiger partial charge >= 0.3 is 5.97 Å². The maximum absolute atomic E-state index is 11.0. The zero-order valence-corrected chi connectivity index (χ0v) is 10.3. The molecular formula is C9H19NO4S. The molecule has 0 spiro atoms. The molecule has 2 N–H and O–H groups in total. The van der Waals surface area contributed by atoms with Crippen LogP contribution in [0, 0.1) is 5.92 Å². The highest BCUT2D eigenvalue weighted by molar-refractivity contribution is 7.90. The molecule has 0 aromatic rings. The average molecular weight is 237 g/mol. The quantitative estimate of drug-likeness (QED) is 0.685. The zero-order chi connectivity index (χ0) is 12.2. The molecule has 0 aliphatic heterocycles. The SMILES string of the molecule is CC(CS(C)(=O)=O)NC(C(=O)O)C(C)C. The molecule has 0 aromatic heterocycles. The molecule has 0 rings (SSSR count).